The topological polar surface area (TPSA) is 42.3 Å². The predicted molar refractivity (Wildman–Crippen MR) is 86.1 cm³/mol. The molecule has 21 heavy (non-hydrogen) atoms. The molecule has 1 fully saturated rings. The van der Waals surface area contributed by atoms with Gasteiger partial charge in [0.15, 0.2) is 0 Å². The number of rotatable bonds is 4. The van der Waals surface area contributed by atoms with E-state index in [1.165, 1.54) is 0 Å². The van der Waals surface area contributed by atoms with Gasteiger partial charge in [0.1, 0.15) is 4.90 Å². The highest BCUT2D eigenvalue weighted by Gasteiger charge is 2.33. The average molecular weight is 333 g/mol. The zero-order valence-corrected chi connectivity index (χ0v) is 14.8. The van der Waals surface area contributed by atoms with Gasteiger partial charge >= 0.3 is 0 Å². The molecule has 0 aromatic carbocycles. The van der Waals surface area contributed by atoms with E-state index in [4.69, 9.17) is 11.6 Å². The Morgan fingerprint density at radius 1 is 1.29 bits per heavy atom. The van der Waals surface area contributed by atoms with E-state index in [0.29, 0.717) is 23.9 Å². The van der Waals surface area contributed by atoms with Crippen molar-refractivity contribution in [3.63, 3.8) is 0 Å². The van der Waals surface area contributed by atoms with E-state index in [1.54, 1.807) is 16.6 Å². The summed E-state index contributed by atoms with van der Waals surface area (Å²) in [6.07, 6.45) is 3.52. The molecular weight excluding hydrogens is 308 g/mol. The molecule has 120 valence electrons. The van der Waals surface area contributed by atoms with Crippen molar-refractivity contribution >= 4 is 21.6 Å². The molecule has 0 unspecified atom stereocenters. The van der Waals surface area contributed by atoms with Crippen molar-refractivity contribution in [3.8, 4) is 0 Å². The van der Waals surface area contributed by atoms with Gasteiger partial charge in [0.25, 0.3) is 0 Å². The molecule has 1 aromatic rings. The summed E-state index contributed by atoms with van der Waals surface area (Å²) in [7, 11) is -3.40. The largest absolute Gasteiger partial charge is 0.346 e. The average Bonchev–Trinajstić information content (AvgIpc) is 2.83. The summed E-state index contributed by atoms with van der Waals surface area (Å²) in [4.78, 5) is 0.367. The molecule has 1 aromatic heterocycles. The van der Waals surface area contributed by atoms with Crippen LogP contribution in [0.1, 0.15) is 52.3 Å². The predicted octanol–water partition coefficient (Wildman–Crippen LogP) is 3.62. The Morgan fingerprint density at radius 3 is 2.29 bits per heavy atom. The second-order valence-electron chi connectivity index (χ2n) is 6.87. The normalized spacial score (nSPS) is 20.1. The van der Waals surface area contributed by atoms with Crippen LogP contribution in [-0.4, -0.2) is 30.4 Å². The molecule has 2 rings (SSSR count). The number of hydrogen-bond donors (Lipinski definition) is 0. The first-order chi connectivity index (χ1) is 9.67. The van der Waals surface area contributed by atoms with Gasteiger partial charge in [-0.2, -0.15) is 4.31 Å². The first kappa shape index (κ1) is 16.8. The zero-order valence-electron chi connectivity index (χ0n) is 13.3. The van der Waals surface area contributed by atoms with Crippen LogP contribution < -0.4 is 0 Å². The number of sulfonamides is 1. The minimum atomic E-state index is -3.40. The van der Waals surface area contributed by atoms with Crippen molar-refractivity contribution in [2.24, 2.45) is 5.41 Å². The third-order valence-corrected chi connectivity index (χ3v) is 6.45. The van der Waals surface area contributed by atoms with Crippen molar-refractivity contribution in [1.82, 2.24) is 8.87 Å². The molecule has 6 heteroatoms. The maximum atomic E-state index is 12.8. The maximum absolute atomic E-state index is 12.8. The van der Waals surface area contributed by atoms with E-state index in [0.717, 1.165) is 18.5 Å². The molecule has 1 aliphatic rings. The van der Waals surface area contributed by atoms with Crippen LogP contribution in [0.25, 0.3) is 0 Å². The monoisotopic (exact) mass is 332 g/mol. The number of piperidine rings is 1. The van der Waals surface area contributed by atoms with Crippen molar-refractivity contribution in [1.29, 1.82) is 0 Å². The van der Waals surface area contributed by atoms with Crippen LogP contribution in [0.2, 0.25) is 0 Å². The summed E-state index contributed by atoms with van der Waals surface area (Å²) in [6, 6.07) is 1.91. The zero-order chi connectivity index (χ0) is 15.8. The molecule has 0 bridgehead atoms. The van der Waals surface area contributed by atoms with Crippen molar-refractivity contribution in [3.05, 3.63) is 18.0 Å². The van der Waals surface area contributed by atoms with Gasteiger partial charge in [-0.3, -0.25) is 0 Å². The summed E-state index contributed by atoms with van der Waals surface area (Å²) in [5, 5.41) is 0. The Hall–Kier alpha value is -0.520. The minimum Gasteiger partial charge on any atom is -0.346 e. The highest BCUT2D eigenvalue weighted by Crippen LogP contribution is 2.33. The van der Waals surface area contributed by atoms with Crippen LogP contribution >= 0.6 is 11.6 Å². The second-order valence-corrected chi connectivity index (χ2v) is 9.08. The number of alkyl halides is 1. The fraction of sp³-hybridized carbons (Fsp3) is 0.733. The van der Waals surface area contributed by atoms with E-state index in [1.807, 2.05) is 18.4 Å². The number of aromatic nitrogens is 1. The Labute approximate surface area is 133 Å². The lowest BCUT2D eigenvalue weighted by Gasteiger charge is -2.35. The molecular formula is C15H25ClN2O2S. The molecule has 0 aliphatic carbocycles. The summed E-state index contributed by atoms with van der Waals surface area (Å²) in [5.41, 5.74) is 1.08. The molecule has 4 nitrogen and oxygen atoms in total. The van der Waals surface area contributed by atoms with Gasteiger partial charge in [-0.25, -0.2) is 8.42 Å². The van der Waals surface area contributed by atoms with Crippen LogP contribution in [-0.2, 0) is 15.9 Å². The molecule has 0 atom stereocenters. The van der Waals surface area contributed by atoms with Gasteiger partial charge in [0.2, 0.25) is 10.0 Å². The molecule has 1 saturated heterocycles. The smallest absolute Gasteiger partial charge is 0.244 e. The van der Waals surface area contributed by atoms with Gasteiger partial charge in [0, 0.05) is 31.0 Å². The quantitative estimate of drug-likeness (QED) is 0.790. The molecule has 0 N–H and O–H groups in total. The summed E-state index contributed by atoms with van der Waals surface area (Å²) in [6.45, 7) is 9.62. The van der Waals surface area contributed by atoms with E-state index < -0.39 is 10.0 Å². The molecule has 1 aliphatic heterocycles. The van der Waals surface area contributed by atoms with Gasteiger partial charge in [-0.15, -0.1) is 11.6 Å². The van der Waals surface area contributed by atoms with Gasteiger partial charge < -0.3 is 4.57 Å². The van der Waals surface area contributed by atoms with Crippen molar-refractivity contribution in [2.75, 3.05) is 13.1 Å². The third kappa shape index (κ3) is 3.46. The van der Waals surface area contributed by atoms with Crippen LogP contribution in [0, 0.1) is 5.41 Å². The van der Waals surface area contributed by atoms with Crippen LogP contribution in [0.3, 0.4) is 0 Å². The van der Waals surface area contributed by atoms with Crippen molar-refractivity contribution in [2.45, 2.75) is 57.4 Å². The van der Waals surface area contributed by atoms with E-state index in [2.05, 4.69) is 13.8 Å². The third-order valence-electron chi connectivity index (χ3n) is 4.31. The molecule has 2 heterocycles. The minimum absolute atomic E-state index is 0.197. The molecule has 0 amide bonds. The highest BCUT2D eigenvalue weighted by atomic mass is 35.5. The molecule has 0 radical (unpaired) electrons. The van der Waals surface area contributed by atoms with Crippen LogP contribution in [0.4, 0.5) is 0 Å². The van der Waals surface area contributed by atoms with E-state index in [-0.39, 0.29) is 11.5 Å². The fourth-order valence-electron chi connectivity index (χ4n) is 2.71. The molecule has 0 saturated carbocycles. The fourth-order valence-corrected chi connectivity index (χ4v) is 4.41. The number of nitrogens with zero attached hydrogens (tertiary/aromatic N) is 2. The highest BCUT2D eigenvalue weighted by molar-refractivity contribution is 7.89. The maximum Gasteiger partial charge on any atom is 0.244 e. The number of hydrogen-bond acceptors (Lipinski definition) is 2. The van der Waals surface area contributed by atoms with Crippen LogP contribution in [0.5, 0.6) is 0 Å². The van der Waals surface area contributed by atoms with E-state index in [9.17, 15) is 8.42 Å². The molecule has 0 spiro atoms. The first-order valence-electron chi connectivity index (χ1n) is 7.44. The first-order valence-corrected chi connectivity index (χ1v) is 9.42. The lowest BCUT2D eigenvalue weighted by Crippen LogP contribution is -2.40. The lowest BCUT2D eigenvalue weighted by molar-refractivity contribution is 0.196. The Bertz CT molecular complexity index is 595. The second kappa shape index (κ2) is 5.94. The summed E-state index contributed by atoms with van der Waals surface area (Å²) in [5.74, 6) is 0.320. The number of halogens is 1. The standard InChI is InChI=1S/C15H25ClN2O2S/c1-12(2)18-11-14(9-13(18)10-16)21(19,20)17-7-5-15(3,4)6-8-17/h9,11-12H,5-8,10H2,1-4H3. The summed E-state index contributed by atoms with van der Waals surface area (Å²) < 4.78 is 29.1. The van der Waals surface area contributed by atoms with Gasteiger partial charge in [0.05, 0.1) is 5.88 Å². The van der Waals surface area contributed by atoms with E-state index >= 15 is 0 Å². The Balaban J connectivity index is 2.28. The van der Waals surface area contributed by atoms with Gasteiger partial charge in [-0.05, 0) is 38.2 Å². The summed E-state index contributed by atoms with van der Waals surface area (Å²) >= 11 is 5.93. The van der Waals surface area contributed by atoms with Crippen molar-refractivity contribution < 1.29 is 8.42 Å². The van der Waals surface area contributed by atoms with Gasteiger partial charge in [-0.1, -0.05) is 13.8 Å². The SMILES string of the molecule is CC(C)n1cc(S(=O)(=O)N2CCC(C)(C)CC2)cc1CCl. The Kier molecular flexibility index (Phi) is 4.76. The Morgan fingerprint density at radius 2 is 1.86 bits per heavy atom. The van der Waals surface area contributed by atoms with Crippen LogP contribution in [0.15, 0.2) is 17.2 Å². The lowest BCUT2D eigenvalue weighted by atomic mass is 9.83.